The lowest BCUT2D eigenvalue weighted by Crippen LogP contribution is -2.33. The lowest BCUT2D eigenvalue weighted by molar-refractivity contribution is 0.257. The summed E-state index contributed by atoms with van der Waals surface area (Å²) in [6.07, 6.45) is 0. The maximum Gasteiger partial charge on any atom is 0.340 e. The predicted molar refractivity (Wildman–Crippen MR) is 96.3 cm³/mol. The van der Waals surface area contributed by atoms with Crippen LogP contribution >= 0.6 is 34.8 Å². The van der Waals surface area contributed by atoms with Crippen LogP contribution in [0.5, 0.6) is 0 Å². The fourth-order valence-electron chi connectivity index (χ4n) is 2.12. The summed E-state index contributed by atoms with van der Waals surface area (Å²) in [6.45, 7) is 0. The van der Waals surface area contributed by atoms with Crippen molar-refractivity contribution in [2.45, 2.75) is 0 Å². The molecule has 3 rings (SSSR count). The monoisotopic (exact) mass is 407 g/mol. The Labute approximate surface area is 141 Å². The Morgan fingerprint density at radius 3 is 2.10 bits per heavy atom. The number of urea groups is 1. The summed E-state index contributed by atoms with van der Waals surface area (Å²) in [5.41, 5.74) is 1.32. The third-order valence-electron chi connectivity index (χ3n) is 3.11. The molecule has 1 N–H and O–H groups in total. The van der Waals surface area contributed by atoms with Crippen LogP contribution in [-0.4, -0.2) is 16.9 Å². The number of benzene rings is 2. The molecule has 0 aliphatic carbocycles. The van der Waals surface area contributed by atoms with Crippen LogP contribution in [0.25, 0.3) is 0 Å². The van der Waals surface area contributed by atoms with E-state index in [0.717, 1.165) is 3.57 Å². The summed E-state index contributed by atoms with van der Waals surface area (Å²) in [5.74, 6) is 0.0275. The van der Waals surface area contributed by atoms with Crippen molar-refractivity contribution in [2.24, 2.45) is 0 Å². The molecule has 1 fully saturated rings. The van der Waals surface area contributed by atoms with Gasteiger partial charge in [-0.2, -0.15) is 0 Å². The van der Waals surface area contributed by atoms with Crippen molar-refractivity contribution in [2.75, 3.05) is 9.80 Å². The third-order valence-corrected chi connectivity index (χ3v) is 4.21. The lowest BCUT2D eigenvalue weighted by atomic mass is 10.3. The average molecular weight is 407 g/mol. The molecule has 0 spiro atoms. The number of halogens is 1. The number of rotatable bonds is 2. The Morgan fingerprint density at radius 2 is 1.48 bits per heavy atom. The molecule has 104 valence electrons. The highest BCUT2D eigenvalue weighted by Crippen LogP contribution is 2.27. The second-order valence-corrected chi connectivity index (χ2v) is 6.05. The standard InChI is InChI=1S/C15H10IN3OS/c16-10-6-8-12(9-7-10)19-14(21)13(17)18(15(19)20)11-4-2-1-3-5-11/h1-9,17H. The van der Waals surface area contributed by atoms with E-state index in [0.29, 0.717) is 11.4 Å². The van der Waals surface area contributed by atoms with Gasteiger partial charge in [0, 0.05) is 3.57 Å². The molecule has 0 unspecified atom stereocenters. The first-order chi connectivity index (χ1) is 10.1. The van der Waals surface area contributed by atoms with Gasteiger partial charge in [-0.25, -0.2) is 14.6 Å². The molecule has 0 aromatic heterocycles. The van der Waals surface area contributed by atoms with Gasteiger partial charge in [0.1, 0.15) is 0 Å². The van der Waals surface area contributed by atoms with E-state index < -0.39 is 0 Å². The molecule has 2 amide bonds. The molecule has 2 aromatic rings. The minimum atomic E-state index is -0.322. The summed E-state index contributed by atoms with van der Waals surface area (Å²) in [7, 11) is 0. The van der Waals surface area contributed by atoms with Crippen LogP contribution in [0.1, 0.15) is 0 Å². The van der Waals surface area contributed by atoms with Gasteiger partial charge >= 0.3 is 6.03 Å². The molecule has 1 heterocycles. The number of carbonyl (C=O) groups excluding carboxylic acids is 1. The Kier molecular flexibility index (Phi) is 3.73. The summed E-state index contributed by atoms with van der Waals surface area (Å²) < 4.78 is 1.07. The first-order valence-electron chi connectivity index (χ1n) is 6.17. The number of hydrogen-bond donors (Lipinski definition) is 1. The van der Waals surface area contributed by atoms with E-state index in [-0.39, 0.29) is 16.9 Å². The van der Waals surface area contributed by atoms with Gasteiger partial charge in [0.05, 0.1) is 11.4 Å². The summed E-state index contributed by atoms with van der Waals surface area (Å²) in [6, 6.07) is 16.2. The molecule has 1 aliphatic rings. The fourth-order valence-corrected chi connectivity index (χ4v) is 2.75. The molecule has 1 saturated heterocycles. The highest BCUT2D eigenvalue weighted by molar-refractivity contribution is 14.1. The summed E-state index contributed by atoms with van der Waals surface area (Å²) >= 11 is 7.47. The van der Waals surface area contributed by atoms with Crippen molar-refractivity contribution in [1.82, 2.24) is 0 Å². The van der Waals surface area contributed by atoms with Crippen molar-refractivity contribution in [3.05, 3.63) is 58.2 Å². The third kappa shape index (κ3) is 2.44. The van der Waals surface area contributed by atoms with E-state index in [2.05, 4.69) is 22.6 Å². The minimum Gasteiger partial charge on any atom is -0.281 e. The second kappa shape index (κ2) is 5.53. The molecule has 6 heteroatoms. The van der Waals surface area contributed by atoms with Gasteiger partial charge in [-0.15, -0.1) is 0 Å². The van der Waals surface area contributed by atoms with Crippen LogP contribution in [0, 0.1) is 8.98 Å². The number of para-hydroxylation sites is 1. The first-order valence-corrected chi connectivity index (χ1v) is 7.66. The SMILES string of the molecule is N=C1C(=S)N(c2ccc(I)cc2)C(=O)N1c1ccccc1. The number of amidine groups is 1. The average Bonchev–Trinajstić information content (AvgIpc) is 2.72. The summed E-state index contributed by atoms with van der Waals surface area (Å²) in [5, 5.41) is 8.12. The zero-order valence-corrected chi connectivity index (χ0v) is 13.8. The lowest BCUT2D eigenvalue weighted by Gasteiger charge is -2.17. The van der Waals surface area contributed by atoms with Crippen molar-refractivity contribution in [3.63, 3.8) is 0 Å². The number of nitrogens with one attached hydrogen (secondary N) is 1. The van der Waals surface area contributed by atoms with Crippen LogP contribution in [0.3, 0.4) is 0 Å². The Balaban J connectivity index is 2.02. The molecular formula is C15H10IN3OS. The van der Waals surface area contributed by atoms with Crippen LogP contribution < -0.4 is 9.80 Å². The zero-order valence-electron chi connectivity index (χ0n) is 10.8. The van der Waals surface area contributed by atoms with Crippen LogP contribution in [0.4, 0.5) is 16.2 Å². The smallest absolute Gasteiger partial charge is 0.281 e. The molecule has 4 nitrogen and oxygen atoms in total. The molecule has 0 atom stereocenters. The molecular weight excluding hydrogens is 397 g/mol. The van der Waals surface area contributed by atoms with Crippen molar-refractivity contribution in [1.29, 1.82) is 5.41 Å². The molecule has 21 heavy (non-hydrogen) atoms. The maximum atomic E-state index is 12.6. The fraction of sp³-hybridized carbons (Fsp3) is 0. The molecule has 2 aromatic carbocycles. The first kappa shape index (κ1) is 14.2. The number of carbonyl (C=O) groups is 1. The molecule has 0 radical (unpaired) electrons. The topological polar surface area (TPSA) is 47.4 Å². The maximum absolute atomic E-state index is 12.6. The Hall–Kier alpha value is -1.80. The molecule has 0 saturated carbocycles. The van der Waals surface area contributed by atoms with Crippen molar-refractivity contribution >= 4 is 63.0 Å². The van der Waals surface area contributed by atoms with E-state index >= 15 is 0 Å². The Morgan fingerprint density at radius 1 is 0.905 bits per heavy atom. The van der Waals surface area contributed by atoms with Gasteiger partial charge in [-0.3, -0.25) is 5.41 Å². The molecule has 1 aliphatic heterocycles. The summed E-state index contributed by atoms with van der Waals surface area (Å²) in [4.78, 5) is 15.6. The van der Waals surface area contributed by atoms with Crippen LogP contribution in [0.15, 0.2) is 54.6 Å². The number of amides is 2. The van der Waals surface area contributed by atoms with E-state index in [9.17, 15) is 4.79 Å². The number of hydrogen-bond acceptors (Lipinski definition) is 3. The van der Waals surface area contributed by atoms with Gasteiger partial charge in [-0.05, 0) is 59.0 Å². The van der Waals surface area contributed by atoms with Crippen molar-refractivity contribution in [3.8, 4) is 0 Å². The predicted octanol–water partition coefficient (Wildman–Crippen LogP) is 4.04. The van der Waals surface area contributed by atoms with E-state index in [1.54, 1.807) is 12.1 Å². The van der Waals surface area contributed by atoms with E-state index in [1.165, 1.54) is 9.80 Å². The van der Waals surface area contributed by atoms with Crippen LogP contribution in [0.2, 0.25) is 0 Å². The normalized spacial score (nSPS) is 15.0. The highest BCUT2D eigenvalue weighted by Gasteiger charge is 2.40. The van der Waals surface area contributed by atoms with Gasteiger partial charge in [0.25, 0.3) is 0 Å². The van der Waals surface area contributed by atoms with Crippen molar-refractivity contribution < 1.29 is 4.79 Å². The largest absolute Gasteiger partial charge is 0.340 e. The number of nitrogens with zero attached hydrogens (tertiary/aromatic N) is 2. The quantitative estimate of drug-likeness (QED) is 0.604. The van der Waals surface area contributed by atoms with Gasteiger partial charge in [0.15, 0.2) is 10.8 Å². The highest BCUT2D eigenvalue weighted by atomic mass is 127. The number of thiocarbonyl (C=S) groups is 1. The zero-order chi connectivity index (χ0) is 15.0. The molecule has 0 bridgehead atoms. The van der Waals surface area contributed by atoms with Gasteiger partial charge in [0.2, 0.25) is 0 Å². The number of anilines is 2. The Bertz CT molecular complexity index is 730. The van der Waals surface area contributed by atoms with E-state index in [1.807, 2.05) is 42.5 Å². The van der Waals surface area contributed by atoms with Gasteiger partial charge in [-0.1, -0.05) is 30.4 Å². The van der Waals surface area contributed by atoms with Crippen LogP contribution in [-0.2, 0) is 0 Å². The second-order valence-electron chi connectivity index (χ2n) is 4.42. The van der Waals surface area contributed by atoms with E-state index in [4.69, 9.17) is 17.6 Å². The minimum absolute atomic E-state index is 0.0275. The van der Waals surface area contributed by atoms with Gasteiger partial charge < -0.3 is 0 Å².